The van der Waals surface area contributed by atoms with E-state index in [1.165, 1.54) is 5.56 Å². The smallest absolute Gasteiger partial charge is 0.264 e. The summed E-state index contributed by atoms with van der Waals surface area (Å²) < 4.78 is 1.06. The summed E-state index contributed by atoms with van der Waals surface area (Å²) in [6, 6.07) is 8.54. The molecular weight excluding hydrogens is 412 g/mol. The van der Waals surface area contributed by atoms with Gasteiger partial charge in [-0.25, -0.2) is 0 Å². The van der Waals surface area contributed by atoms with Gasteiger partial charge in [-0.3, -0.25) is 9.59 Å². The van der Waals surface area contributed by atoms with E-state index in [9.17, 15) is 9.59 Å². The van der Waals surface area contributed by atoms with Crippen LogP contribution in [0.1, 0.15) is 81.7 Å². The largest absolute Gasteiger partial charge is 0.338 e. The van der Waals surface area contributed by atoms with E-state index in [-0.39, 0.29) is 11.7 Å². The zero-order valence-corrected chi connectivity index (χ0v) is 19.2. The highest BCUT2D eigenvalue weighted by Gasteiger charge is 2.32. The fraction of sp³-hybridized carbons (Fsp3) is 0.500. The molecule has 1 fully saturated rings. The number of carbonyl (C=O) groups is 2. The van der Waals surface area contributed by atoms with Gasteiger partial charge in [-0.05, 0) is 60.5 Å². The van der Waals surface area contributed by atoms with Gasteiger partial charge in [0.1, 0.15) is 0 Å². The molecule has 1 aromatic carbocycles. The highest BCUT2D eigenvalue weighted by atomic mass is 32.2. The maximum absolute atomic E-state index is 13.4. The van der Waals surface area contributed by atoms with Crippen LogP contribution >= 0.6 is 23.1 Å². The Morgan fingerprint density at radius 1 is 1.27 bits per heavy atom. The molecule has 4 nitrogen and oxygen atoms in total. The van der Waals surface area contributed by atoms with Crippen LogP contribution in [0.2, 0.25) is 0 Å². The first-order valence-electron chi connectivity index (χ1n) is 11.0. The number of Topliss-reactive ketones (excluding diaryl/α,β-unsaturated/α-hetero) is 1. The number of thioether (sulfide) groups is 1. The topological polar surface area (TPSA) is 63.4 Å². The molecule has 2 aromatic rings. The summed E-state index contributed by atoms with van der Waals surface area (Å²) in [4.78, 5) is 28.8. The summed E-state index contributed by atoms with van der Waals surface area (Å²) in [5, 5.41) is 0. The Labute approximate surface area is 187 Å². The van der Waals surface area contributed by atoms with E-state index in [1.54, 1.807) is 23.1 Å². The first-order chi connectivity index (χ1) is 14.6. The molecule has 0 bridgehead atoms. The van der Waals surface area contributed by atoms with E-state index in [0.717, 1.165) is 76.7 Å². The average molecular weight is 443 g/mol. The van der Waals surface area contributed by atoms with Crippen LogP contribution in [0.4, 0.5) is 0 Å². The molecule has 0 atom stereocenters. The summed E-state index contributed by atoms with van der Waals surface area (Å²) in [5.41, 5.74) is 10.2. The van der Waals surface area contributed by atoms with Crippen molar-refractivity contribution in [1.82, 2.24) is 4.90 Å². The lowest BCUT2D eigenvalue weighted by Gasteiger charge is -2.32. The molecule has 1 amide bonds. The lowest BCUT2D eigenvalue weighted by molar-refractivity contribution is 0.0717. The van der Waals surface area contributed by atoms with E-state index >= 15 is 0 Å². The van der Waals surface area contributed by atoms with Crippen molar-refractivity contribution in [2.24, 2.45) is 5.73 Å². The predicted molar refractivity (Wildman–Crippen MR) is 125 cm³/mol. The summed E-state index contributed by atoms with van der Waals surface area (Å²) in [6.45, 7) is 4.25. The SMILES string of the molecule is CCCSc1sc(C(=O)N2CCC(c3cccc(CN)c3)CC2)c2c1C(=O)CCC2. The maximum Gasteiger partial charge on any atom is 0.264 e. The minimum absolute atomic E-state index is 0.128. The number of thiophene rings is 1. The molecule has 2 aliphatic rings. The van der Waals surface area contributed by atoms with Crippen molar-refractivity contribution < 1.29 is 9.59 Å². The Balaban J connectivity index is 1.49. The van der Waals surface area contributed by atoms with Crippen LogP contribution in [0.5, 0.6) is 0 Å². The monoisotopic (exact) mass is 442 g/mol. The third-order valence-corrected chi connectivity index (χ3v) is 8.85. The molecule has 4 rings (SSSR count). The van der Waals surface area contributed by atoms with E-state index in [4.69, 9.17) is 5.73 Å². The molecule has 0 saturated carbocycles. The number of likely N-dealkylation sites (tertiary alicyclic amines) is 1. The molecule has 160 valence electrons. The highest BCUT2D eigenvalue weighted by Crippen LogP contribution is 2.41. The molecule has 1 aromatic heterocycles. The molecule has 30 heavy (non-hydrogen) atoms. The molecule has 1 aliphatic heterocycles. The molecule has 1 saturated heterocycles. The summed E-state index contributed by atoms with van der Waals surface area (Å²) in [6.07, 6.45) is 5.35. The first kappa shape index (κ1) is 21.6. The van der Waals surface area contributed by atoms with Crippen molar-refractivity contribution in [3.63, 3.8) is 0 Å². The van der Waals surface area contributed by atoms with E-state index in [2.05, 4.69) is 31.2 Å². The van der Waals surface area contributed by atoms with Crippen molar-refractivity contribution in [3.05, 3.63) is 51.4 Å². The normalized spacial score (nSPS) is 17.3. The number of nitrogens with zero attached hydrogens (tertiary/aromatic N) is 1. The van der Waals surface area contributed by atoms with Crippen LogP contribution in [0.3, 0.4) is 0 Å². The number of hydrogen-bond donors (Lipinski definition) is 1. The Bertz CT molecular complexity index is 929. The number of benzene rings is 1. The number of ketones is 1. The van der Waals surface area contributed by atoms with Gasteiger partial charge in [0.15, 0.2) is 5.78 Å². The standard InChI is InChI=1S/C24H30N2O2S2/c1-2-13-29-24-21-19(7-4-8-20(21)27)22(30-24)23(28)26-11-9-17(10-12-26)18-6-3-5-16(14-18)15-25/h3,5-6,14,17H,2,4,7-13,15,25H2,1H3. The van der Waals surface area contributed by atoms with Crippen molar-refractivity contribution in [2.45, 2.75) is 62.1 Å². The molecular formula is C24H30N2O2S2. The molecule has 0 unspecified atom stereocenters. The number of rotatable bonds is 6. The van der Waals surface area contributed by atoms with Gasteiger partial charge in [0.2, 0.25) is 0 Å². The third-order valence-electron chi connectivity index (χ3n) is 6.16. The molecule has 2 heterocycles. The van der Waals surface area contributed by atoms with Crippen molar-refractivity contribution in [1.29, 1.82) is 0 Å². The number of carbonyl (C=O) groups excluding carboxylic acids is 2. The van der Waals surface area contributed by atoms with Crippen molar-refractivity contribution >= 4 is 34.8 Å². The van der Waals surface area contributed by atoms with E-state index in [1.807, 2.05) is 4.90 Å². The Morgan fingerprint density at radius 3 is 2.80 bits per heavy atom. The van der Waals surface area contributed by atoms with Gasteiger partial charge < -0.3 is 10.6 Å². The van der Waals surface area contributed by atoms with Gasteiger partial charge in [0, 0.05) is 31.6 Å². The summed E-state index contributed by atoms with van der Waals surface area (Å²) in [7, 11) is 0. The number of nitrogens with two attached hydrogens (primary N) is 1. The van der Waals surface area contributed by atoms with Gasteiger partial charge in [-0.2, -0.15) is 0 Å². The van der Waals surface area contributed by atoms with Crippen LogP contribution in [-0.4, -0.2) is 35.4 Å². The second-order valence-electron chi connectivity index (χ2n) is 8.21. The minimum atomic E-state index is 0.128. The number of piperidine rings is 1. The first-order valence-corrected chi connectivity index (χ1v) is 12.8. The van der Waals surface area contributed by atoms with Crippen molar-refractivity contribution in [3.8, 4) is 0 Å². The Morgan fingerprint density at radius 2 is 2.07 bits per heavy atom. The molecule has 0 radical (unpaired) electrons. The van der Waals surface area contributed by atoms with Crippen LogP contribution in [0, 0.1) is 0 Å². The van der Waals surface area contributed by atoms with Gasteiger partial charge in [0.25, 0.3) is 5.91 Å². The third kappa shape index (κ3) is 4.36. The summed E-state index contributed by atoms with van der Waals surface area (Å²) in [5.74, 6) is 1.82. The molecule has 6 heteroatoms. The average Bonchev–Trinajstić information content (AvgIpc) is 3.17. The minimum Gasteiger partial charge on any atom is -0.338 e. The second-order valence-corrected chi connectivity index (χ2v) is 10.6. The number of fused-ring (bicyclic) bond motifs is 1. The lowest BCUT2D eigenvalue weighted by atomic mass is 9.88. The maximum atomic E-state index is 13.4. The number of hydrogen-bond acceptors (Lipinski definition) is 5. The highest BCUT2D eigenvalue weighted by molar-refractivity contribution is 8.01. The Hall–Kier alpha value is -1.63. The quantitative estimate of drug-likeness (QED) is 0.621. The van der Waals surface area contributed by atoms with E-state index < -0.39 is 0 Å². The number of amides is 1. The fourth-order valence-corrected chi connectivity index (χ4v) is 7.09. The molecule has 0 spiro atoms. The van der Waals surface area contributed by atoms with Crippen LogP contribution in [0.25, 0.3) is 0 Å². The molecule has 2 N–H and O–H groups in total. The predicted octanol–water partition coefficient (Wildman–Crippen LogP) is 5.25. The zero-order chi connectivity index (χ0) is 21.1. The summed E-state index contributed by atoms with van der Waals surface area (Å²) >= 11 is 3.30. The lowest BCUT2D eigenvalue weighted by Crippen LogP contribution is -2.38. The van der Waals surface area contributed by atoms with Crippen LogP contribution in [-0.2, 0) is 13.0 Å². The van der Waals surface area contributed by atoms with E-state index in [0.29, 0.717) is 18.9 Å². The zero-order valence-electron chi connectivity index (χ0n) is 17.6. The van der Waals surface area contributed by atoms with Gasteiger partial charge >= 0.3 is 0 Å². The van der Waals surface area contributed by atoms with Crippen LogP contribution < -0.4 is 5.73 Å². The van der Waals surface area contributed by atoms with Crippen molar-refractivity contribution in [2.75, 3.05) is 18.8 Å². The van der Waals surface area contributed by atoms with Gasteiger partial charge in [0.05, 0.1) is 9.09 Å². The Kier molecular flexibility index (Phi) is 6.96. The van der Waals surface area contributed by atoms with Gasteiger partial charge in [-0.1, -0.05) is 31.2 Å². The molecule has 1 aliphatic carbocycles. The van der Waals surface area contributed by atoms with Gasteiger partial charge in [-0.15, -0.1) is 23.1 Å². The second kappa shape index (κ2) is 9.67. The fourth-order valence-electron chi connectivity index (χ4n) is 4.52. The van der Waals surface area contributed by atoms with Crippen LogP contribution in [0.15, 0.2) is 28.5 Å².